The minimum atomic E-state index is -1.39. The molecule has 0 spiro atoms. The molecule has 1 aliphatic rings. The number of benzene rings is 2. The van der Waals surface area contributed by atoms with Gasteiger partial charge < -0.3 is 14.3 Å². The van der Waals surface area contributed by atoms with Crippen LogP contribution in [0, 0.1) is 0 Å². The topological polar surface area (TPSA) is 73.6 Å². The quantitative estimate of drug-likeness (QED) is 0.383. The molecule has 0 saturated carbocycles. The highest BCUT2D eigenvalue weighted by atomic mass is 79.9. The van der Waals surface area contributed by atoms with Crippen molar-refractivity contribution in [3.63, 3.8) is 0 Å². The van der Waals surface area contributed by atoms with Gasteiger partial charge >= 0.3 is 0 Å². The minimum Gasteiger partial charge on any atom is -0.547 e. The number of hydrogen-bond acceptors (Lipinski definition) is 6. The number of rotatable bonds is 5. The number of nitrogens with zero attached hydrogens (tertiary/aromatic N) is 1. The number of carboxylic acid groups (broad SMARTS) is 1. The second-order valence-electron chi connectivity index (χ2n) is 6.39. The summed E-state index contributed by atoms with van der Waals surface area (Å²) in [6.45, 7) is 0. The van der Waals surface area contributed by atoms with E-state index in [-0.39, 0.29) is 4.32 Å². The molecule has 3 aromatic rings. The highest BCUT2D eigenvalue weighted by Gasteiger charge is 2.38. The van der Waals surface area contributed by atoms with Crippen molar-refractivity contribution >= 4 is 62.2 Å². The first kappa shape index (κ1) is 20.6. The van der Waals surface area contributed by atoms with Crippen molar-refractivity contribution in [2.24, 2.45) is 0 Å². The second-order valence-corrected chi connectivity index (χ2v) is 8.98. The summed E-state index contributed by atoms with van der Waals surface area (Å²) in [7, 11) is 0. The number of amides is 1. The highest BCUT2D eigenvalue weighted by molar-refractivity contribution is 9.10. The number of carbonyl (C=O) groups is 2. The molecule has 30 heavy (non-hydrogen) atoms. The normalized spacial score (nSPS) is 16.3. The van der Waals surface area contributed by atoms with Crippen LogP contribution in [0.1, 0.15) is 17.4 Å². The van der Waals surface area contributed by atoms with Crippen molar-refractivity contribution in [1.29, 1.82) is 0 Å². The van der Waals surface area contributed by atoms with Gasteiger partial charge in [0.1, 0.15) is 21.9 Å². The van der Waals surface area contributed by atoms with Gasteiger partial charge in [-0.3, -0.25) is 9.69 Å². The molecule has 1 atom stereocenters. The standard InChI is InChI=1S/C22H14BrNO4S2/c23-15-8-6-13(7-9-15)17-11-10-16(28-17)12-18-20(25)24(22(29)30-18)19(21(26)27)14-4-2-1-3-5-14/h1-12,19H,(H,26,27)/p-1/b18-12+/t19-/m0/s1. The Morgan fingerprint density at radius 1 is 1.10 bits per heavy atom. The van der Waals surface area contributed by atoms with Gasteiger partial charge in [-0.15, -0.1) is 0 Å². The summed E-state index contributed by atoms with van der Waals surface area (Å²) in [5.74, 6) is -0.766. The lowest BCUT2D eigenvalue weighted by molar-refractivity contribution is -0.310. The fraction of sp³-hybridized carbons (Fsp3) is 0.0455. The fourth-order valence-corrected chi connectivity index (χ4v) is 4.61. The first-order valence-electron chi connectivity index (χ1n) is 8.82. The molecule has 0 N–H and O–H groups in total. The summed E-state index contributed by atoms with van der Waals surface area (Å²) in [5.41, 5.74) is 1.32. The zero-order valence-corrected chi connectivity index (χ0v) is 18.5. The summed E-state index contributed by atoms with van der Waals surface area (Å²) < 4.78 is 6.95. The Morgan fingerprint density at radius 2 is 1.80 bits per heavy atom. The number of thioether (sulfide) groups is 1. The molecular weight excluding hydrogens is 486 g/mol. The molecule has 1 amide bonds. The second kappa shape index (κ2) is 8.59. The van der Waals surface area contributed by atoms with Crippen LogP contribution in [0.2, 0.25) is 0 Å². The van der Waals surface area contributed by atoms with Gasteiger partial charge in [0, 0.05) is 16.1 Å². The van der Waals surface area contributed by atoms with E-state index < -0.39 is 17.9 Å². The van der Waals surface area contributed by atoms with Crippen LogP contribution in [0.4, 0.5) is 0 Å². The third kappa shape index (κ3) is 4.12. The van der Waals surface area contributed by atoms with E-state index in [1.807, 2.05) is 30.3 Å². The average molecular weight is 499 g/mol. The maximum atomic E-state index is 13.0. The van der Waals surface area contributed by atoms with E-state index in [2.05, 4.69) is 15.9 Å². The number of carbonyl (C=O) groups excluding carboxylic acids is 2. The Kier molecular flexibility index (Phi) is 5.90. The van der Waals surface area contributed by atoms with E-state index in [1.54, 1.807) is 42.5 Å². The summed E-state index contributed by atoms with van der Waals surface area (Å²) in [5, 5.41) is 11.8. The number of thiocarbonyl (C=S) groups is 1. The molecule has 8 heteroatoms. The third-order valence-corrected chi connectivity index (χ3v) is 6.31. The molecule has 0 radical (unpaired) electrons. The first-order chi connectivity index (χ1) is 14.4. The summed E-state index contributed by atoms with van der Waals surface area (Å²) in [6.07, 6.45) is 1.57. The fourth-order valence-electron chi connectivity index (χ4n) is 3.06. The number of furan rings is 1. The van der Waals surface area contributed by atoms with E-state index in [0.29, 0.717) is 22.0 Å². The van der Waals surface area contributed by atoms with Gasteiger partial charge in [0.25, 0.3) is 5.91 Å². The maximum absolute atomic E-state index is 13.0. The van der Waals surface area contributed by atoms with Crippen LogP contribution >= 0.6 is 39.9 Å². The number of halogens is 1. The largest absolute Gasteiger partial charge is 0.547 e. The van der Waals surface area contributed by atoms with Gasteiger partial charge in [-0.05, 0) is 29.8 Å². The lowest BCUT2D eigenvalue weighted by Crippen LogP contribution is -2.43. The molecule has 150 valence electrons. The Bertz CT molecular complexity index is 1160. The van der Waals surface area contributed by atoms with Crippen molar-refractivity contribution in [2.45, 2.75) is 6.04 Å². The first-order valence-corrected chi connectivity index (χ1v) is 10.8. The predicted molar refractivity (Wildman–Crippen MR) is 121 cm³/mol. The summed E-state index contributed by atoms with van der Waals surface area (Å²) in [4.78, 5) is 26.1. The molecule has 2 heterocycles. The Labute approximate surface area is 190 Å². The van der Waals surface area contributed by atoms with Gasteiger partial charge in [0.05, 0.1) is 10.9 Å². The van der Waals surface area contributed by atoms with Crippen molar-refractivity contribution in [3.8, 4) is 11.3 Å². The van der Waals surface area contributed by atoms with Crippen LogP contribution in [-0.4, -0.2) is 21.1 Å². The molecular formula is C22H13BrNO4S2-. The molecule has 2 aromatic carbocycles. The van der Waals surface area contributed by atoms with E-state index in [1.165, 1.54) is 0 Å². The maximum Gasteiger partial charge on any atom is 0.267 e. The molecule has 1 fully saturated rings. The van der Waals surface area contributed by atoms with Gasteiger partial charge in [-0.2, -0.15) is 0 Å². The Morgan fingerprint density at radius 3 is 2.47 bits per heavy atom. The third-order valence-electron chi connectivity index (χ3n) is 4.45. The molecule has 0 bridgehead atoms. The van der Waals surface area contributed by atoms with E-state index >= 15 is 0 Å². The minimum absolute atomic E-state index is 0.156. The molecule has 0 unspecified atom stereocenters. The SMILES string of the molecule is O=C([O-])[C@H](c1ccccc1)N1C(=O)/C(=C\c2ccc(-c3ccc(Br)cc3)o2)SC1=S. The van der Waals surface area contributed by atoms with Crippen molar-refractivity contribution < 1.29 is 19.1 Å². The van der Waals surface area contributed by atoms with Crippen molar-refractivity contribution in [2.75, 3.05) is 0 Å². The van der Waals surface area contributed by atoms with Crippen molar-refractivity contribution in [1.82, 2.24) is 4.90 Å². The lowest BCUT2D eigenvalue weighted by Gasteiger charge is -2.27. The average Bonchev–Trinajstić information content (AvgIpc) is 3.30. The molecule has 4 rings (SSSR count). The molecule has 0 aliphatic carbocycles. The van der Waals surface area contributed by atoms with E-state index in [9.17, 15) is 14.7 Å². The lowest BCUT2D eigenvalue weighted by atomic mass is 10.1. The number of hydrogen-bond donors (Lipinski definition) is 0. The predicted octanol–water partition coefficient (Wildman–Crippen LogP) is 4.40. The van der Waals surface area contributed by atoms with Crippen LogP contribution in [0.15, 0.2) is 80.5 Å². The highest BCUT2D eigenvalue weighted by Crippen LogP contribution is 2.38. The monoisotopic (exact) mass is 498 g/mol. The molecule has 5 nitrogen and oxygen atoms in total. The van der Waals surface area contributed by atoms with Crippen LogP contribution < -0.4 is 5.11 Å². The van der Waals surface area contributed by atoms with Crippen LogP contribution in [0.3, 0.4) is 0 Å². The number of aliphatic carboxylic acids is 1. The van der Waals surface area contributed by atoms with Gasteiger partial charge in [0.2, 0.25) is 0 Å². The zero-order chi connectivity index (χ0) is 21.3. The summed E-state index contributed by atoms with van der Waals surface area (Å²) >= 11 is 9.73. The summed E-state index contributed by atoms with van der Waals surface area (Å²) in [6, 6.07) is 18.3. The van der Waals surface area contributed by atoms with Gasteiger partial charge in [-0.1, -0.05) is 82.4 Å². The van der Waals surface area contributed by atoms with Gasteiger partial charge in [0.15, 0.2) is 0 Å². The van der Waals surface area contributed by atoms with Gasteiger partial charge in [-0.25, -0.2) is 0 Å². The zero-order valence-electron chi connectivity index (χ0n) is 15.3. The van der Waals surface area contributed by atoms with Crippen LogP contribution in [0.5, 0.6) is 0 Å². The molecule has 1 saturated heterocycles. The van der Waals surface area contributed by atoms with Crippen LogP contribution in [-0.2, 0) is 9.59 Å². The van der Waals surface area contributed by atoms with Crippen LogP contribution in [0.25, 0.3) is 17.4 Å². The number of carboxylic acids is 1. The molecule has 1 aromatic heterocycles. The van der Waals surface area contributed by atoms with Crippen molar-refractivity contribution in [3.05, 3.63) is 87.4 Å². The molecule has 1 aliphatic heterocycles. The smallest absolute Gasteiger partial charge is 0.267 e. The Hall–Kier alpha value is -2.68. The van der Waals surface area contributed by atoms with E-state index in [0.717, 1.165) is 26.7 Å². The van der Waals surface area contributed by atoms with E-state index in [4.69, 9.17) is 16.6 Å². The Balaban J connectivity index is 1.62.